The van der Waals surface area contributed by atoms with Crippen LogP contribution in [0, 0.1) is 0 Å². The molecule has 0 saturated heterocycles. The lowest BCUT2D eigenvalue weighted by Crippen LogP contribution is -2.14. The predicted octanol–water partition coefficient (Wildman–Crippen LogP) is 1.86. The van der Waals surface area contributed by atoms with E-state index in [9.17, 15) is 8.42 Å². The lowest BCUT2D eigenvalue weighted by atomic mass is 10.2. The molecule has 0 radical (unpaired) electrons. The molecule has 6 nitrogen and oxygen atoms in total. The maximum Gasteiger partial charge on any atom is 0.245 e. The quantitative estimate of drug-likeness (QED) is 0.690. The average Bonchev–Trinajstić information content (AvgIpc) is 2.85. The Morgan fingerprint density at radius 3 is 2.60 bits per heavy atom. The first kappa shape index (κ1) is 13.0. The maximum absolute atomic E-state index is 12.4. The summed E-state index contributed by atoms with van der Waals surface area (Å²) in [6.07, 6.45) is 2.41. The molecule has 3 rings (SSSR count). The van der Waals surface area contributed by atoms with Crippen molar-refractivity contribution in [1.82, 2.24) is 18.9 Å². The summed E-state index contributed by atoms with van der Waals surface area (Å²) in [7, 11) is -3.61. The van der Waals surface area contributed by atoms with Crippen LogP contribution >= 0.6 is 11.6 Å². The summed E-state index contributed by atoms with van der Waals surface area (Å²) in [5.41, 5.74) is 1.14. The summed E-state index contributed by atoms with van der Waals surface area (Å²) in [4.78, 5) is 11.7. The third-order valence-corrected chi connectivity index (χ3v) is 4.59. The molecule has 0 spiro atoms. The van der Waals surface area contributed by atoms with Crippen molar-refractivity contribution in [3.8, 4) is 0 Å². The van der Waals surface area contributed by atoms with Gasteiger partial charge in [0, 0.05) is 0 Å². The minimum atomic E-state index is -3.61. The zero-order valence-corrected chi connectivity index (χ0v) is 11.7. The summed E-state index contributed by atoms with van der Waals surface area (Å²) in [5, 5.41) is 0.128. The van der Waals surface area contributed by atoms with E-state index in [2.05, 4.69) is 15.0 Å². The SMILES string of the molecule is O=S(=O)(Cc1ccccc1)n1cnc2c(Cl)ncnc21. The molecule has 0 aliphatic carbocycles. The second-order valence-electron chi connectivity index (χ2n) is 4.12. The van der Waals surface area contributed by atoms with Gasteiger partial charge in [-0.2, -0.15) is 0 Å². The Hall–Kier alpha value is -1.99. The van der Waals surface area contributed by atoms with E-state index in [4.69, 9.17) is 11.6 Å². The number of aromatic nitrogens is 4. The Morgan fingerprint density at radius 2 is 1.85 bits per heavy atom. The molecule has 0 aliphatic rings. The highest BCUT2D eigenvalue weighted by molar-refractivity contribution is 7.89. The van der Waals surface area contributed by atoms with Gasteiger partial charge in [-0.3, -0.25) is 0 Å². The first-order chi connectivity index (χ1) is 9.58. The molecule has 0 saturated carbocycles. The molecule has 0 bridgehead atoms. The largest absolute Gasteiger partial charge is 0.245 e. The van der Waals surface area contributed by atoms with Crippen molar-refractivity contribution in [3.05, 3.63) is 53.7 Å². The highest BCUT2D eigenvalue weighted by Crippen LogP contribution is 2.20. The number of fused-ring (bicyclic) bond motifs is 1. The van der Waals surface area contributed by atoms with Crippen LogP contribution in [0.15, 0.2) is 43.0 Å². The van der Waals surface area contributed by atoms with E-state index in [-0.39, 0.29) is 22.1 Å². The van der Waals surface area contributed by atoms with Crippen LogP contribution in [-0.4, -0.2) is 27.3 Å². The molecule has 8 heteroatoms. The van der Waals surface area contributed by atoms with Crippen molar-refractivity contribution in [2.24, 2.45) is 0 Å². The van der Waals surface area contributed by atoms with Crippen molar-refractivity contribution >= 4 is 32.8 Å². The van der Waals surface area contributed by atoms with E-state index in [0.717, 1.165) is 3.97 Å². The van der Waals surface area contributed by atoms with Crippen LogP contribution in [0.2, 0.25) is 5.15 Å². The normalized spacial score (nSPS) is 11.8. The fourth-order valence-electron chi connectivity index (χ4n) is 1.84. The Bertz CT molecular complexity index is 862. The highest BCUT2D eigenvalue weighted by atomic mass is 35.5. The molecule has 2 heterocycles. The van der Waals surface area contributed by atoms with Crippen molar-refractivity contribution < 1.29 is 8.42 Å². The van der Waals surface area contributed by atoms with E-state index >= 15 is 0 Å². The summed E-state index contributed by atoms with van der Waals surface area (Å²) in [5.74, 6) is -0.138. The highest BCUT2D eigenvalue weighted by Gasteiger charge is 2.19. The van der Waals surface area contributed by atoms with E-state index < -0.39 is 10.0 Å². The molecule has 20 heavy (non-hydrogen) atoms. The molecule has 0 fully saturated rings. The number of halogens is 1. The van der Waals surface area contributed by atoms with E-state index in [1.807, 2.05) is 6.07 Å². The van der Waals surface area contributed by atoms with Crippen LogP contribution in [0.3, 0.4) is 0 Å². The van der Waals surface area contributed by atoms with Gasteiger partial charge in [-0.05, 0) is 5.56 Å². The van der Waals surface area contributed by atoms with Gasteiger partial charge < -0.3 is 0 Å². The summed E-state index contributed by atoms with van der Waals surface area (Å²) >= 11 is 5.86. The van der Waals surface area contributed by atoms with Crippen LogP contribution in [-0.2, 0) is 15.8 Å². The lowest BCUT2D eigenvalue weighted by molar-refractivity contribution is 0.587. The summed E-state index contributed by atoms with van der Waals surface area (Å²) in [6, 6.07) is 8.90. The van der Waals surface area contributed by atoms with Gasteiger partial charge in [0.25, 0.3) is 0 Å². The number of nitrogens with zero attached hydrogens (tertiary/aromatic N) is 4. The smallest absolute Gasteiger partial charge is 0.231 e. The fourth-order valence-corrected chi connectivity index (χ4v) is 3.36. The first-order valence-corrected chi connectivity index (χ1v) is 7.67. The second-order valence-corrected chi connectivity index (χ2v) is 6.32. The van der Waals surface area contributed by atoms with Gasteiger partial charge in [0.15, 0.2) is 10.8 Å². The van der Waals surface area contributed by atoms with Gasteiger partial charge in [-0.15, -0.1) is 0 Å². The van der Waals surface area contributed by atoms with Crippen LogP contribution in [0.25, 0.3) is 11.2 Å². The van der Waals surface area contributed by atoms with E-state index in [1.54, 1.807) is 24.3 Å². The monoisotopic (exact) mass is 308 g/mol. The van der Waals surface area contributed by atoms with Gasteiger partial charge in [0.05, 0.1) is 5.75 Å². The number of hydrogen-bond donors (Lipinski definition) is 0. The molecule has 1 aromatic carbocycles. The minimum Gasteiger partial charge on any atom is -0.231 e. The van der Waals surface area contributed by atoms with Gasteiger partial charge >= 0.3 is 0 Å². The van der Waals surface area contributed by atoms with Gasteiger partial charge in [-0.1, -0.05) is 41.9 Å². The summed E-state index contributed by atoms with van der Waals surface area (Å²) in [6.45, 7) is 0. The molecule has 0 atom stereocenters. The van der Waals surface area contributed by atoms with Crippen LogP contribution in [0.1, 0.15) is 5.56 Å². The topological polar surface area (TPSA) is 77.7 Å². The predicted molar refractivity (Wildman–Crippen MR) is 74.8 cm³/mol. The van der Waals surface area contributed by atoms with Crippen molar-refractivity contribution in [2.75, 3.05) is 0 Å². The van der Waals surface area contributed by atoms with Crippen LogP contribution in [0.5, 0.6) is 0 Å². The van der Waals surface area contributed by atoms with E-state index in [1.165, 1.54) is 12.7 Å². The molecule has 2 aromatic heterocycles. The molecule has 3 aromatic rings. The first-order valence-electron chi connectivity index (χ1n) is 5.69. The summed E-state index contributed by atoms with van der Waals surface area (Å²) < 4.78 is 25.8. The third kappa shape index (κ3) is 2.25. The maximum atomic E-state index is 12.4. The molecule has 0 amide bonds. The Kier molecular flexibility index (Phi) is 3.15. The molecule has 0 unspecified atom stereocenters. The molecular weight excluding hydrogens is 300 g/mol. The number of hydrogen-bond acceptors (Lipinski definition) is 5. The molecule has 0 aliphatic heterocycles. The van der Waals surface area contributed by atoms with Crippen molar-refractivity contribution in [2.45, 2.75) is 5.75 Å². The Labute approximate surface area is 120 Å². The zero-order valence-electron chi connectivity index (χ0n) is 10.1. The standard InChI is InChI=1S/C12H9ClN4O2S/c13-11-10-12(15-7-14-11)17(8-16-10)20(18,19)6-9-4-2-1-3-5-9/h1-5,7-8H,6H2. The zero-order chi connectivity index (χ0) is 14.2. The number of imidazole rings is 1. The molecule has 0 N–H and O–H groups in total. The number of rotatable bonds is 3. The van der Waals surface area contributed by atoms with Crippen molar-refractivity contribution in [3.63, 3.8) is 0 Å². The third-order valence-electron chi connectivity index (χ3n) is 2.75. The van der Waals surface area contributed by atoms with E-state index in [0.29, 0.717) is 5.56 Å². The Balaban J connectivity index is 2.08. The molecular formula is C12H9ClN4O2S. The van der Waals surface area contributed by atoms with Gasteiger partial charge in [0.2, 0.25) is 10.0 Å². The number of benzene rings is 1. The Morgan fingerprint density at radius 1 is 1.10 bits per heavy atom. The van der Waals surface area contributed by atoms with Gasteiger partial charge in [0.1, 0.15) is 18.2 Å². The van der Waals surface area contributed by atoms with Gasteiger partial charge in [-0.25, -0.2) is 27.3 Å². The fraction of sp³-hybridized carbons (Fsp3) is 0.0833. The second kappa shape index (κ2) is 4.84. The lowest BCUT2D eigenvalue weighted by Gasteiger charge is -2.05. The minimum absolute atomic E-state index is 0.128. The molecule has 102 valence electrons. The van der Waals surface area contributed by atoms with Crippen LogP contribution < -0.4 is 0 Å². The van der Waals surface area contributed by atoms with Crippen LogP contribution in [0.4, 0.5) is 0 Å². The average molecular weight is 309 g/mol. The van der Waals surface area contributed by atoms with Crippen molar-refractivity contribution in [1.29, 1.82) is 0 Å².